The predicted octanol–water partition coefficient (Wildman–Crippen LogP) is 13.7. The van der Waals surface area contributed by atoms with Crippen molar-refractivity contribution in [3.63, 3.8) is 0 Å². The molecule has 254 valence electrons. The van der Waals surface area contributed by atoms with Gasteiger partial charge in [-0.3, -0.25) is 0 Å². The van der Waals surface area contributed by atoms with Gasteiger partial charge in [0.05, 0.1) is 51.9 Å². The normalized spacial score (nSPS) is 11.6. The molecule has 0 fully saturated rings. The number of nitrogens with zero attached hydrogens (tertiary/aromatic N) is 5. The molecule has 0 unspecified atom stereocenters. The molecule has 3 heterocycles. The fraction of sp³-hybridized carbons (Fsp3) is 0. The SMILES string of the molecule is [C-]#[N+]c1cc(-n2c3ccccc3c3ccc(-n4c5ccccc5c5ccccc54)cc32)ccc1-c1ccccc1-n1c2ccccc2c2cccc([N+]#[C-])c21. The molecular formula is C50H29N5. The van der Waals surface area contributed by atoms with Crippen molar-refractivity contribution in [1.82, 2.24) is 13.7 Å². The number of aromatic nitrogens is 3. The van der Waals surface area contributed by atoms with Crippen LogP contribution in [0.1, 0.15) is 0 Å². The van der Waals surface area contributed by atoms with Crippen LogP contribution in [0.25, 0.3) is 103 Å². The lowest BCUT2D eigenvalue weighted by Crippen LogP contribution is -1.99. The monoisotopic (exact) mass is 699 g/mol. The van der Waals surface area contributed by atoms with E-state index in [9.17, 15) is 0 Å². The summed E-state index contributed by atoms with van der Waals surface area (Å²) >= 11 is 0. The van der Waals surface area contributed by atoms with E-state index >= 15 is 0 Å². The molecule has 11 rings (SSSR count). The average molecular weight is 700 g/mol. The van der Waals surface area contributed by atoms with Gasteiger partial charge in [0.1, 0.15) is 0 Å². The van der Waals surface area contributed by atoms with Crippen LogP contribution >= 0.6 is 0 Å². The maximum absolute atomic E-state index is 8.50. The maximum atomic E-state index is 8.50. The summed E-state index contributed by atoms with van der Waals surface area (Å²) < 4.78 is 6.84. The number of benzene rings is 8. The third kappa shape index (κ3) is 4.39. The maximum Gasteiger partial charge on any atom is 0.211 e. The number of hydrogen-bond acceptors (Lipinski definition) is 0. The second kappa shape index (κ2) is 11.8. The number of hydrogen-bond donors (Lipinski definition) is 0. The first-order valence-corrected chi connectivity index (χ1v) is 18.3. The van der Waals surface area contributed by atoms with Crippen LogP contribution in [-0.4, -0.2) is 13.7 Å². The lowest BCUT2D eigenvalue weighted by molar-refractivity contribution is 1.15. The summed E-state index contributed by atoms with van der Waals surface area (Å²) in [5, 5.41) is 6.88. The Morgan fingerprint density at radius 1 is 0.327 bits per heavy atom. The second-order valence-corrected chi connectivity index (χ2v) is 13.9. The summed E-state index contributed by atoms with van der Waals surface area (Å²) in [6.45, 7) is 16.5. The highest BCUT2D eigenvalue weighted by Gasteiger charge is 2.21. The van der Waals surface area contributed by atoms with Gasteiger partial charge in [0.2, 0.25) is 5.69 Å². The smallest absolute Gasteiger partial charge is 0.211 e. The van der Waals surface area contributed by atoms with Crippen LogP contribution in [0.2, 0.25) is 0 Å². The van der Waals surface area contributed by atoms with Gasteiger partial charge in [-0.05, 0) is 71.1 Å². The lowest BCUT2D eigenvalue weighted by Gasteiger charge is -2.17. The molecule has 11 aromatic rings. The highest BCUT2D eigenvalue weighted by atomic mass is 15.0. The molecule has 8 aromatic carbocycles. The fourth-order valence-corrected chi connectivity index (χ4v) is 8.79. The first kappa shape index (κ1) is 30.7. The van der Waals surface area contributed by atoms with Gasteiger partial charge >= 0.3 is 0 Å². The summed E-state index contributed by atoms with van der Waals surface area (Å²) in [6.07, 6.45) is 0. The molecule has 5 heteroatoms. The minimum atomic E-state index is 0.556. The molecule has 55 heavy (non-hydrogen) atoms. The van der Waals surface area contributed by atoms with E-state index in [0.717, 1.165) is 82.8 Å². The van der Waals surface area contributed by atoms with Crippen LogP contribution in [0, 0.1) is 13.1 Å². The van der Waals surface area contributed by atoms with E-state index in [2.05, 4.69) is 157 Å². The van der Waals surface area contributed by atoms with Gasteiger partial charge in [0.15, 0.2) is 5.69 Å². The lowest BCUT2D eigenvalue weighted by atomic mass is 10.0. The standard InChI is InChI=1S/C50H29N5/c1-51-42-20-13-19-41-39-18-7-12-25-48(39)55(50(41)42)47-24-11-3-14-35(47)34-28-26-32(30-43(34)52-2)54-46-23-10-6-17-38(46)40-29-27-33(31-49(40)54)53-44-21-8-4-15-36(44)37-16-5-9-22-45(37)53/h3-31H. The van der Waals surface area contributed by atoms with Crippen molar-refractivity contribution in [2.45, 2.75) is 0 Å². The Labute approximate surface area is 316 Å². The van der Waals surface area contributed by atoms with E-state index in [1.165, 1.54) is 10.8 Å². The first-order valence-electron chi connectivity index (χ1n) is 18.3. The minimum absolute atomic E-state index is 0.556. The van der Waals surface area contributed by atoms with Crippen LogP contribution in [0.3, 0.4) is 0 Å². The molecule has 0 aliphatic heterocycles. The van der Waals surface area contributed by atoms with E-state index in [1.807, 2.05) is 42.5 Å². The topological polar surface area (TPSA) is 23.5 Å². The van der Waals surface area contributed by atoms with Crippen molar-refractivity contribution in [2.24, 2.45) is 0 Å². The zero-order valence-electron chi connectivity index (χ0n) is 29.5. The fourth-order valence-electron chi connectivity index (χ4n) is 8.79. The number of para-hydroxylation sites is 6. The zero-order valence-corrected chi connectivity index (χ0v) is 29.5. The molecule has 0 aliphatic carbocycles. The third-order valence-corrected chi connectivity index (χ3v) is 11.1. The van der Waals surface area contributed by atoms with Gasteiger partial charge in [0, 0.05) is 38.3 Å². The van der Waals surface area contributed by atoms with E-state index in [-0.39, 0.29) is 0 Å². The van der Waals surface area contributed by atoms with E-state index in [1.54, 1.807) is 0 Å². The summed E-state index contributed by atoms with van der Waals surface area (Å²) in [7, 11) is 0. The Morgan fingerprint density at radius 3 is 1.44 bits per heavy atom. The molecule has 0 aliphatic rings. The molecule has 0 amide bonds. The highest BCUT2D eigenvalue weighted by molar-refractivity contribution is 6.14. The molecular weight excluding hydrogens is 671 g/mol. The molecule has 5 nitrogen and oxygen atoms in total. The van der Waals surface area contributed by atoms with Crippen molar-refractivity contribution in [2.75, 3.05) is 0 Å². The Balaban J connectivity index is 1.14. The van der Waals surface area contributed by atoms with Gasteiger partial charge < -0.3 is 13.7 Å². The summed E-state index contributed by atoms with van der Waals surface area (Å²) in [4.78, 5) is 8.09. The van der Waals surface area contributed by atoms with Crippen LogP contribution < -0.4 is 0 Å². The Morgan fingerprint density at radius 2 is 0.800 bits per heavy atom. The molecule has 0 radical (unpaired) electrons. The zero-order chi connectivity index (χ0) is 36.6. The van der Waals surface area contributed by atoms with Crippen molar-refractivity contribution in [1.29, 1.82) is 0 Å². The third-order valence-electron chi connectivity index (χ3n) is 11.1. The minimum Gasteiger partial charge on any atom is -0.318 e. The highest BCUT2D eigenvalue weighted by Crippen LogP contribution is 2.43. The molecule has 0 bridgehead atoms. The number of fused-ring (bicyclic) bond motifs is 9. The molecule has 0 spiro atoms. The van der Waals surface area contributed by atoms with Crippen LogP contribution in [-0.2, 0) is 0 Å². The van der Waals surface area contributed by atoms with Crippen molar-refractivity contribution in [3.05, 3.63) is 199 Å². The predicted molar refractivity (Wildman–Crippen MR) is 227 cm³/mol. The summed E-state index contributed by atoms with van der Waals surface area (Å²) in [5.74, 6) is 0. The van der Waals surface area contributed by atoms with Crippen LogP contribution in [0.5, 0.6) is 0 Å². The molecule has 0 atom stereocenters. The Hall–Kier alpha value is -7.86. The van der Waals surface area contributed by atoms with Gasteiger partial charge in [-0.1, -0.05) is 121 Å². The van der Waals surface area contributed by atoms with Gasteiger partial charge in [0.25, 0.3) is 0 Å². The summed E-state index contributed by atoms with van der Waals surface area (Å²) in [6, 6.07) is 61.1. The van der Waals surface area contributed by atoms with Crippen LogP contribution in [0.15, 0.2) is 176 Å². The molecule has 0 saturated carbocycles. The van der Waals surface area contributed by atoms with Crippen molar-refractivity contribution >= 4 is 76.8 Å². The van der Waals surface area contributed by atoms with Gasteiger partial charge in [-0.25, -0.2) is 9.69 Å². The van der Waals surface area contributed by atoms with E-state index in [0.29, 0.717) is 11.4 Å². The summed E-state index contributed by atoms with van der Waals surface area (Å²) in [5.41, 5.74) is 12.2. The van der Waals surface area contributed by atoms with Crippen molar-refractivity contribution in [3.8, 4) is 28.2 Å². The quantitative estimate of drug-likeness (QED) is 0.163. The van der Waals surface area contributed by atoms with E-state index in [4.69, 9.17) is 13.1 Å². The Bertz CT molecular complexity index is 3420. The number of rotatable bonds is 4. The molecule has 0 saturated heterocycles. The molecule has 0 N–H and O–H groups in total. The second-order valence-electron chi connectivity index (χ2n) is 13.9. The van der Waals surface area contributed by atoms with Gasteiger partial charge in [-0.2, -0.15) is 0 Å². The molecule has 3 aromatic heterocycles. The van der Waals surface area contributed by atoms with Crippen molar-refractivity contribution < 1.29 is 0 Å². The Kier molecular flexibility index (Phi) is 6.61. The van der Waals surface area contributed by atoms with Gasteiger partial charge in [-0.15, -0.1) is 0 Å². The van der Waals surface area contributed by atoms with E-state index < -0.39 is 0 Å². The van der Waals surface area contributed by atoms with Crippen LogP contribution in [0.4, 0.5) is 11.4 Å². The largest absolute Gasteiger partial charge is 0.318 e. The average Bonchev–Trinajstić information content (AvgIpc) is 3.89. The first-order chi connectivity index (χ1) is 27.2.